The van der Waals surface area contributed by atoms with Gasteiger partial charge in [0.1, 0.15) is 0 Å². The maximum Gasteiger partial charge on any atom is 0.0558 e. The molecule has 0 bridgehead atoms. The van der Waals surface area contributed by atoms with Crippen molar-refractivity contribution in [2.24, 2.45) is 0 Å². The Labute approximate surface area is 87.5 Å². The van der Waals surface area contributed by atoms with Gasteiger partial charge in [0, 0.05) is 30.9 Å². The van der Waals surface area contributed by atoms with Gasteiger partial charge in [0.15, 0.2) is 0 Å². The number of hydrogen-bond donors (Lipinski definition) is 2. The number of aliphatic hydroxyl groups excluding tert-OH is 2. The third kappa shape index (κ3) is 8.70. The molecule has 0 saturated heterocycles. The minimum Gasteiger partial charge on any atom is -0.691 e. The number of hydrogen-bond acceptors (Lipinski definition) is 7. The lowest BCUT2D eigenvalue weighted by Crippen LogP contribution is -2.31. The van der Waals surface area contributed by atoms with Gasteiger partial charge in [-0.15, -0.1) is 0 Å². The lowest BCUT2D eigenvalue weighted by atomic mass is 10.4. The molecule has 0 fully saturated rings. The molecule has 7 heteroatoms. The van der Waals surface area contributed by atoms with E-state index in [9.17, 15) is 5.26 Å². The third-order valence-corrected chi connectivity index (χ3v) is 2.22. The molecule has 0 atom stereocenters. The van der Waals surface area contributed by atoms with E-state index in [1.54, 1.807) is 0 Å². The van der Waals surface area contributed by atoms with Crippen molar-refractivity contribution >= 4 is 12.0 Å². The SMILES string of the molecule is [O-]OOSCCCN(CCO)CCO. The lowest BCUT2D eigenvalue weighted by Gasteiger charge is -2.19. The summed E-state index contributed by atoms with van der Waals surface area (Å²) in [5.74, 6) is 0.635. The second-order valence-corrected chi connectivity index (χ2v) is 3.38. The fourth-order valence-corrected chi connectivity index (χ4v) is 1.37. The van der Waals surface area contributed by atoms with Crippen LogP contribution in [0.4, 0.5) is 0 Å². The first-order chi connectivity index (χ1) is 6.85. The van der Waals surface area contributed by atoms with E-state index in [0.29, 0.717) is 18.8 Å². The second kappa shape index (κ2) is 11.2. The van der Waals surface area contributed by atoms with E-state index < -0.39 is 0 Å². The van der Waals surface area contributed by atoms with Crippen molar-refractivity contribution in [1.29, 1.82) is 0 Å². The van der Waals surface area contributed by atoms with Gasteiger partial charge in [0.05, 0.1) is 13.2 Å². The Bertz CT molecular complexity index is 112. The normalized spacial score (nSPS) is 11.1. The minimum absolute atomic E-state index is 0.0767. The molecule has 0 unspecified atom stereocenters. The molecule has 0 radical (unpaired) electrons. The van der Waals surface area contributed by atoms with Gasteiger partial charge in [-0.25, -0.2) is 0 Å². The molecule has 14 heavy (non-hydrogen) atoms. The summed E-state index contributed by atoms with van der Waals surface area (Å²) in [5, 5.41) is 30.0. The van der Waals surface area contributed by atoms with E-state index in [-0.39, 0.29) is 13.2 Å². The molecule has 2 N–H and O–H groups in total. The molecule has 0 aromatic carbocycles. The summed E-state index contributed by atoms with van der Waals surface area (Å²) in [4.78, 5) is 1.93. The summed E-state index contributed by atoms with van der Waals surface area (Å²) < 4.78 is 4.08. The van der Waals surface area contributed by atoms with Gasteiger partial charge in [0.2, 0.25) is 0 Å². The van der Waals surface area contributed by atoms with Crippen LogP contribution >= 0.6 is 12.0 Å². The molecule has 0 spiro atoms. The Morgan fingerprint density at radius 3 is 2.29 bits per heavy atom. The van der Waals surface area contributed by atoms with Gasteiger partial charge < -0.3 is 15.5 Å². The standard InChI is InChI=1S/C7H17NO5S/c9-5-3-8(4-6-10)2-1-7-14-13-12-11/h9-11H,1-7H2/p-1. The highest BCUT2D eigenvalue weighted by Gasteiger charge is 2.02. The molecule has 0 aromatic rings. The van der Waals surface area contributed by atoms with Crippen LogP contribution in [0.1, 0.15) is 6.42 Å². The van der Waals surface area contributed by atoms with E-state index in [1.807, 2.05) is 4.90 Å². The first kappa shape index (κ1) is 14.1. The zero-order valence-corrected chi connectivity index (χ0v) is 8.74. The van der Waals surface area contributed by atoms with Gasteiger partial charge in [-0.2, -0.15) is 4.33 Å². The van der Waals surface area contributed by atoms with E-state index in [2.05, 4.69) is 9.37 Å². The lowest BCUT2D eigenvalue weighted by molar-refractivity contribution is -0.777. The smallest absolute Gasteiger partial charge is 0.0558 e. The Morgan fingerprint density at radius 1 is 1.14 bits per heavy atom. The molecule has 0 heterocycles. The molecule has 0 amide bonds. The molecule has 0 aliphatic heterocycles. The van der Waals surface area contributed by atoms with Crippen LogP contribution in [0.25, 0.3) is 0 Å². The van der Waals surface area contributed by atoms with Gasteiger partial charge >= 0.3 is 0 Å². The average molecular weight is 226 g/mol. The van der Waals surface area contributed by atoms with Crippen molar-refractivity contribution < 1.29 is 24.8 Å². The summed E-state index contributed by atoms with van der Waals surface area (Å²) >= 11 is 0.945. The zero-order valence-electron chi connectivity index (χ0n) is 7.92. The maximum atomic E-state index is 9.41. The van der Waals surface area contributed by atoms with E-state index in [4.69, 9.17) is 10.2 Å². The Morgan fingerprint density at radius 2 is 1.79 bits per heavy atom. The molecule has 0 saturated carbocycles. The van der Waals surface area contributed by atoms with Gasteiger partial charge in [-0.1, -0.05) is 0 Å². The summed E-state index contributed by atoms with van der Waals surface area (Å²) in [6.07, 6.45) is 0.800. The third-order valence-electron chi connectivity index (χ3n) is 1.61. The van der Waals surface area contributed by atoms with Crippen LogP contribution in [-0.4, -0.2) is 53.7 Å². The predicted molar refractivity (Wildman–Crippen MR) is 49.9 cm³/mol. The summed E-state index contributed by atoms with van der Waals surface area (Å²) in [5.41, 5.74) is 0. The largest absolute Gasteiger partial charge is 0.691 e. The van der Waals surface area contributed by atoms with Crippen LogP contribution in [0.2, 0.25) is 0 Å². The Kier molecular flexibility index (Phi) is 11.3. The Balaban J connectivity index is 3.30. The fraction of sp³-hybridized carbons (Fsp3) is 1.00. The van der Waals surface area contributed by atoms with E-state index in [1.165, 1.54) is 0 Å². The van der Waals surface area contributed by atoms with Crippen LogP contribution in [0, 0.1) is 0 Å². The van der Waals surface area contributed by atoms with Crippen molar-refractivity contribution in [3.05, 3.63) is 0 Å². The van der Waals surface area contributed by atoms with Crippen LogP contribution in [0.3, 0.4) is 0 Å². The Hall–Kier alpha value is 0.110. The minimum atomic E-state index is 0.0767. The highest BCUT2D eigenvalue weighted by atomic mass is 32.2. The van der Waals surface area contributed by atoms with Crippen molar-refractivity contribution in [3.63, 3.8) is 0 Å². The monoisotopic (exact) mass is 226 g/mol. The van der Waals surface area contributed by atoms with Gasteiger partial charge in [-0.3, -0.25) is 9.94 Å². The predicted octanol–water partition coefficient (Wildman–Crippen LogP) is -1.47. The van der Waals surface area contributed by atoms with Crippen molar-refractivity contribution in [2.45, 2.75) is 6.42 Å². The van der Waals surface area contributed by atoms with Crippen molar-refractivity contribution in [2.75, 3.05) is 38.6 Å². The van der Waals surface area contributed by atoms with Crippen molar-refractivity contribution in [1.82, 2.24) is 4.90 Å². The summed E-state index contributed by atoms with van der Waals surface area (Å²) in [7, 11) is 0. The molecular formula is C7H16NO5S-. The summed E-state index contributed by atoms with van der Waals surface area (Å²) in [6.45, 7) is 1.99. The molecule has 0 aromatic heterocycles. The van der Waals surface area contributed by atoms with Crippen molar-refractivity contribution in [3.8, 4) is 0 Å². The van der Waals surface area contributed by atoms with Crippen LogP contribution in [0.15, 0.2) is 0 Å². The summed E-state index contributed by atoms with van der Waals surface area (Å²) in [6, 6.07) is 0. The van der Waals surface area contributed by atoms with Gasteiger partial charge in [0.25, 0.3) is 0 Å². The van der Waals surface area contributed by atoms with E-state index >= 15 is 0 Å². The molecule has 0 aliphatic rings. The first-order valence-corrected chi connectivity index (χ1v) is 5.28. The molecule has 0 rings (SSSR count). The molecular weight excluding hydrogens is 210 g/mol. The number of rotatable bonds is 10. The zero-order chi connectivity index (χ0) is 10.6. The molecule has 86 valence electrons. The first-order valence-electron chi connectivity index (χ1n) is 4.37. The fourth-order valence-electron chi connectivity index (χ4n) is 1.02. The maximum absolute atomic E-state index is 9.41. The van der Waals surface area contributed by atoms with Crippen LogP contribution < -0.4 is 5.26 Å². The topological polar surface area (TPSA) is 85.2 Å². The number of aliphatic hydroxyl groups is 2. The van der Waals surface area contributed by atoms with Crippen LogP contribution in [-0.2, 0) is 9.37 Å². The number of nitrogens with zero attached hydrogens (tertiary/aromatic N) is 1. The average Bonchev–Trinajstić information content (AvgIpc) is 2.18. The van der Waals surface area contributed by atoms with Crippen LogP contribution in [0.5, 0.6) is 0 Å². The van der Waals surface area contributed by atoms with E-state index in [0.717, 1.165) is 25.0 Å². The quantitative estimate of drug-likeness (QED) is 0.204. The molecule has 6 nitrogen and oxygen atoms in total. The highest BCUT2D eigenvalue weighted by Crippen LogP contribution is 2.04. The second-order valence-electron chi connectivity index (χ2n) is 2.60. The highest BCUT2D eigenvalue weighted by molar-refractivity contribution is 7.94. The van der Waals surface area contributed by atoms with Gasteiger partial charge in [-0.05, 0) is 13.0 Å². The molecule has 0 aliphatic carbocycles.